The van der Waals surface area contributed by atoms with Gasteiger partial charge in [0, 0.05) is 25.0 Å². The van der Waals surface area contributed by atoms with Crippen molar-refractivity contribution in [2.45, 2.75) is 39.7 Å². The molecule has 0 amide bonds. The second-order valence-corrected chi connectivity index (χ2v) is 6.54. The average Bonchev–Trinajstić information content (AvgIpc) is 2.82. The van der Waals surface area contributed by atoms with Crippen molar-refractivity contribution in [3.05, 3.63) is 10.6 Å². The smallest absolute Gasteiger partial charge is 0.185 e. The molecule has 116 valence electrons. The molecule has 0 fully saturated rings. The van der Waals surface area contributed by atoms with Gasteiger partial charge in [0.2, 0.25) is 0 Å². The first-order valence-electron chi connectivity index (χ1n) is 7.63. The van der Waals surface area contributed by atoms with E-state index in [1.165, 1.54) is 23.4 Å². The van der Waals surface area contributed by atoms with Gasteiger partial charge < -0.3 is 15.1 Å². The van der Waals surface area contributed by atoms with Gasteiger partial charge in [0.25, 0.3) is 0 Å². The number of hydrogen-bond donors (Lipinski definition) is 1. The summed E-state index contributed by atoms with van der Waals surface area (Å²) in [5.41, 5.74) is 1.26. The standard InChI is InChI=1S/C15H30N4S/c1-6-9-16-12-14-13(7-2)17-15(20-14)19(5)11-8-10-18(3)4/h16H,6-12H2,1-5H3. The second-order valence-electron chi connectivity index (χ2n) is 5.48. The molecule has 0 aliphatic carbocycles. The summed E-state index contributed by atoms with van der Waals surface area (Å²) in [4.78, 5) is 10.7. The van der Waals surface area contributed by atoms with Crippen LogP contribution in [-0.2, 0) is 13.0 Å². The van der Waals surface area contributed by atoms with E-state index < -0.39 is 0 Å². The fourth-order valence-corrected chi connectivity index (χ4v) is 3.15. The first kappa shape index (κ1) is 17.4. The second kappa shape index (κ2) is 9.32. The molecule has 5 heteroatoms. The molecule has 0 radical (unpaired) electrons. The van der Waals surface area contributed by atoms with Crippen LogP contribution in [0.4, 0.5) is 5.13 Å². The van der Waals surface area contributed by atoms with Crippen molar-refractivity contribution in [3.8, 4) is 0 Å². The maximum Gasteiger partial charge on any atom is 0.185 e. The number of thiazole rings is 1. The highest BCUT2D eigenvalue weighted by Crippen LogP contribution is 2.26. The van der Waals surface area contributed by atoms with Crippen LogP contribution in [-0.4, -0.2) is 50.7 Å². The van der Waals surface area contributed by atoms with E-state index >= 15 is 0 Å². The molecule has 0 saturated carbocycles. The molecular weight excluding hydrogens is 268 g/mol. The third kappa shape index (κ3) is 5.77. The molecule has 0 bridgehead atoms. The fraction of sp³-hybridized carbons (Fsp3) is 0.800. The molecule has 1 heterocycles. The Morgan fingerprint density at radius 2 is 1.90 bits per heavy atom. The molecule has 0 spiro atoms. The van der Waals surface area contributed by atoms with E-state index in [1.54, 1.807) is 0 Å². The number of nitrogens with one attached hydrogen (secondary N) is 1. The lowest BCUT2D eigenvalue weighted by Gasteiger charge is -2.17. The molecule has 1 rings (SSSR count). The monoisotopic (exact) mass is 298 g/mol. The van der Waals surface area contributed by atoms with Gasteiger partial charge in [-0.3, -0.25) is 0 Å². The van der Waals surface area contributed by atoms with Crippen molar-refractivity contribution in [2.24, 2.45) is 0 Å². The Balaban J connectivity index is 2.56. The molecule has 1 aromatic heterocycles. The number of hydrogen-bond acceptors (Lipinski definition) is 5. The first-order valence-corrected chi connectivity index (χ1v) is 8.45. The van der Waals surface area contributed by atoms with Gasteiger partial charge in [-0.25, -0.2) is 4.98 Å². The van der Waals surface area contributed by atoms with Gasteiger partial charge in [-0.05, 0) is 46.4 Å². The first-order chi connectivity index (χ1) is 9.58. The molecule has 0 saturated heterocycles. The number of rotatable bonds is 10. The minimum absolute atomic E-state index is 0.959. The van der Waals surface area contributed by atoms with Crippen LogP contribution < -0.4 is 10.2 Å². The predicted octanol–water partition coefficient (Wildman–Crippen LogP) is 2.59. The Hall–Kier alpha value is -0.650. The van der Waals surface area contributed by atoms with E-state index in [0.717, 1.165) is 37.7 Å². The van der Waals surface area contributed by atoms with E-state index in [4.69, 9.17) is 4.98 Å². The van der Waals surface area contributed by atoms with E-state index in [2.05, 4.69) is 50.1 Å². The summed E-state index contributed by atoms with van der Waals surface area (Å²) in [6.45, 7) is 8.62. The van der Waals surface area contributed by atoms with Crippen molar-refractivity contribution in [1.82, 2.24) is 15.2 Å². The molecule has 0 aromatic carbocycles. The van der Waals surface area contributed by atoms with Crippen molar-refractivity contribution in [1.29, 1.82) is 0 Å². The SMILES string of the molecule is CCCNCc1sc(N(C)CCCN(C)C)nc1CC. The zero-order valence-corrected chi connectivity index (χ0v) is 14.5. The van der Waals surface area contributed by atoms with Crippen LogP contribution in [0.5, 0.6) is 0 Å². The summed E-state index contributed by atoms with van der Waals surface area (Å²) in [6.07, 6.45) is 3.37. The highest BCUT2D eigenvalue weighted by Gasteiger charge is 2.12. The van der Waals surface area contributed by atoms with Crippen LogP contribution in [0.15, 0.2) is 0 Å². The molecule has 0 atom stereocenters. The van der Waals surface area contributed by atoms with Crippen molar-refractivity contribution in [3.63, 3.8) is 0 Å². The van der Waals surface area contributed by atoms with Gasteiger partial charge in [0.05, 0.1) is 5.69 Å². The largest absolute Gasteiger partial charge is 0.351 e. The maximum atomic E-state index is 4.80. The zero-order valence-electron chi connectivity index (χ0n) is 13.7. The van der Waals surface area contributed by atoms with E-state index in [0.29, 0.717) is 0 Å². The quantitative estimate of drug-likeness (QED) is 0.673. The fourth-order valence-electron chi connectivity index (χ4n) is 2.05. The molecule has 0 aliphatic heterocycles. The zero-order chi connectivity index (χ0) is 15.0. The van der Waals surface area contributed by atoms with Crippen LogP contribution in [0.2, 0.25) is 0 Å². The number of nitrogens with zero attached hydrogens (tertiary/aromatic N) is 3. The molecular formula is C15H30N4S. The lowest BCUT2D eigenvalue weighted by atomic mass is 10.3. The van der Waals surface area contributed by atoms with Crippen LogP contribution in [0.1, 0.15) is 37.3 Å². The summed E-state index contributed by atoms with van der Waals surface area (Å²) < 4.78 is 0. The summed E-state index contributed by atoms with van der Waals surface area (Å²) in [6, 6.07) is 0. The van der Waals surface area contributed by atoms with Crippen LogP contribution in [0, 0.1) is 0 Å². The van der Waals surface area contributed by atoms with Crippen molar-refractivity contribution in [2.75, 3.05) is 45.7 Å². The Morgan fingerprint density at radius 1 is 1.15 bits per heavy atom. The minimum atomic E-state index is 0.959. The summed E-state index contributed by atoms with van der Waals surface area (Å²) in [5, 5.41) is 4.64. The highest BCUT2D eigenvalue weighted by molar-refractivity contribution is 7.15. The Morgan fingerprint density at radius 3 is 2.50 bits per heavy atom. The van der Waals surface area contributed by atoms with Crippen molar-refractivity contribution >= 4 is 16.5 Å². The Bertz CT molecular complexity index is 376. The third-order valence-corrected chi connectivity index (χ3v) is 4.45. The summed E-state index contributed by atoms with van der Waals surface area (Å²) in [7, 11) is 6.39. The van der Waals surface area contributed by atoms with Gasteiger partial charge in [-0.1, -0.05) is 13.8 Å². The van der Waals surface area contributed by atoms with Gasteiger partial charge in [0.15, 0.2) is 5.13 Å². The minimum Gasteiger partial charge on any atom is -0.351 e. The number of anilines is 1. The lowest BCUT2D eigenvalue weighted by Crippen LogP contribution is -2.23. The van der Waals surface area contributed by atoms with Gasteiger partial charge >= 0.3 is 0 Å². The Labute approximate surface area is 128 Å². The molecule has 20 heavy (non-hydrogen) atoms. The summed E-state index contributed by atoms with van der Waals surface area (Å²) in [5.74, 6) is 0. The maximum absolute atomic E-state index is 4.80. The van der Waals surface area contributed by atoms with Crippen LogP contribution >= 0.6 is 11.3 Å². The average molecular weight is 299 g/mol. The molecule has 1 N–H and O–H groups in total. The summed E-state index contributed by atoms with van der Waals surface area (Å²) >= 11 is 1.84. The number of aryl methyl sites for hydroxylation is 1. The predicted molar refractivity (Wildman–Crippen MR) is 89.9 cm³/mol. The van der Waals surface area contributed by atoms with Crippen LogP contribution in [0.3, 0.4) is 0 Å². The molecule has 1 aromatic rings. The van der Waals surface area contributed by atoms with E-state index in [9.17, 15) is 0 Å². The van der Waals surface area contributed by atoms with E-state index in [1.807, 2.05) is 11.3 Å². The third-order valence-electron chi connectivity index (χ3n) is 3.24. The van der Waals surface area contributed by atoms with Crippen molar-refractivity contribution < 1.29 is 0 Å². The normalized spacial score (nSPS) is 11.3. The number of aromatic nitrogens is 1. The highest BCUT2D eigenvalue weighted by atomic mass is 32.1. The molecule has 0 unspecified atom stereocenters. The van der Waals surface area contributed by atoms with E-state index in [-0.39, 0.29) is 0 Å². The molecule has 4 nitrogen and oxygen atoms in total. The topological polar surface area (TPSA) is 31.4 Å². The Kier molecular flexibility index (Phi) is 8.11. The van der Waals surface area contributed by atoms with Gasteiger partial charge in [0.1, 0.15) is 0 Å². The van der Waals surface area contributed by atoms with Gasteiger partial charge in [-0.2, -0.15) is 0 Å². The van der Waals surface area contributed by atoms with Gasteiger partial charge in [-0.15, -0.1) is 11.3 Å². The van der Waals surface area contributed by atoms with Crippen LogP contribution in [0.25, 0.3) is 0 Å². The lowest BCUT2D eigenvalue weighted by molar-refractivity contribution is 0.401. The molecule has 0 aliphatic rings.